The molecule has 17 heteroatoms. The van der Waals surface area contributed by atoms with E-state index >= 15 is 0 Å². The van der Waals surface area contributed by atoms with Gasteiger partial charge < -0.3 is 0 Å². The largest absolute Gasteiger partial charge is 0.425 e. The Morgan fingerprint density at radius 1 is 0.480 bits per heavy atom. The predicted molar refractivity (Wildman–Crippen MR) is 49.6 cm³/mol. The van der Waals surface area contributed by atoms with Gasteiger partial charge in [0, 0.05) is 0 Å². The fraction of sp³-hybridized carbons (Fsp3) is 1.00. The minimum atomic E-state index is -8.25. The molecule has 1 atom stereocenters. The van der Waals surface area contributed by atoms with Gasteiger partial charge in [0.2, 0.25) is 0 Å². The second-order valence-corrected chi connectivity index (χ2v) is 5.32. The molecule has 0 aliphatic rings. The molecule has 0 saturated carbocycles. The van der Waals surface area contributed by atoms with Crippen LogP contribution in [0.5, 0.6) is 0 Å². The molecule has 1 unspecified atom stereocenters. The molecule has 0 aromatic heterocycles. The van der Waals surface area contributed by atoms with Crippen LogP contribution in [0.1, 0.15) is 0 Å². The molecule has 0 aromatic rings. The first-order valence-corrected chi connectivity index (χ1v) is 5.86. The highest BCUT2D eigenvalue weighted by Crippen LogP contribution is 2.62. The lowest BCUT2D eigenvalue weighted by Crippen LogP contribution is -2.72. The maximum atomic E-state index is 12.9. The van der Waals surface area contributed by atoms with Crippen molar-refractivity contribution in [3.63, 3.8) is 0 Å². The molecule has 0 saturated heterocycles. The number of alkyl halides is 17. The smallest absolute Gasteiger partial charge is 0.230 e. The summed E-state index contributed by atoms with van der Waals surface area (Å²) in [5.41, 5.74) is 0. The molecule has 0 radical (unpaired) electrons. The molecule has 0 spiro atoms. The molecule has 0 nitrogen and oxygen atoms in total. The Morgan fingerprint density at radius 3 is 1.00 bits per heavy atom. The Hall–Kier alpha value is -0.640. The van der Waals surface area contributed by atoms with Crippen LogP contribution in [0.4, 0.5) is 70.2 Å². The van der Waals surface area contributed by atoms with E-state index in [1.165, 1.54) is 0 Å². The number of halogens is 17. The molecule has 0 aromatic carbocycles. The van der Waals surface area contributed by atoms with E-state index in [0.29, 0.717) is 15.9 Å². The van der Waals surface area contributed by atoms with Crippen LogP contribution in [0.25, 0.3) is 0 Å². The minimum Gasteiger partial charge on any atom is -0.230 e. The molecule has 0 N–H and O–H groups in total. The molecule has 25 heavy (non-hydrogen) atoms. The lowest BCUT2D eigenvalue weighted by Gasteiger charge is -2.41. The summed E-state index contributed by atoms with van der Waals surface area (Å²) < 4.78 is 200. The Morgan fingerprint density at radius 2 is 0.760 bits per heavy atom. The third kappa shape index (κ3) is 3.36. The van der Waals surface area contributed by atoms with E-state index in [4.69, 9.17) is 0 Å². The van der Waals surface area contributed by atoms with Crippen LogP contribution in [0.15, 0.2) is 0 Å². The van der Waals surface area contributed by atoms with Gasteiger partial charge in [-0.15, -0.1) is 0 Å². The van der Waals surface area contributed by atoms with Crippen molar-refractivity contribution in [1.82, 2.24) is 0 Å². The Balaban J connectivity index is 6.40. The predicted octanol–water partition coefficient (Wildman–Crippen LogP) is 6.05. The van der Waals surface area contributed by atoms with E-state index in [1.807, 2.05) is 0 Å². The third-order valence-corrected chi connectivity index (χ3v) is 3.06. The first kappa shape index (κ1) is 24.4. The first-order chi connectivity index (χ1) is 10.4. The maximum absolute atomic E-state index is 12.9. The summed E-state index contributed by atoms with van der Waals surface area (Å²) in [7, 11) is 0. The molecule has 152 valence electrons. The van der Waals surface area contributed by atoms with Crippen LogP contribution < -0.4 is 0 Å². The lowest BCUT2D eigenvalue weighted by atomic mass is 9.92. The summed E-state index contributed by atoms with van der Waals surface area (Å²) in [6.07, 6.45) is -13.2. The molecule has 0 aliphatic heterocycles. The molecular weight excluding hydrogens is 480 g/mol. The van der Waals surface area contributed by atoms with Crippen LogP contribution >= 0.6 is 15.9 Å². The van der Waals surface area contributed by atoms with Crippen LogP contribution in [0, 0.1) is 0 Å². The standard InChI is InChI=1S/C8HBrF16/c9-8(24,25)7(22,23)6(20,21)5(18,19)4(16,17)2(11,12)1(10)3(13,14)15/h1H. The number of rotatable bonds is 6. The number of hydrogen-bond donors (Lipinski definition) is 0. The van der Waals surface area contributed by atoms with Crippen molar-refractivity contribution in [2.45, 2.75) is 46.8 Å². The van der Waals surface area contributed by atoms with Gasteiger partial charge in [0.1, 0.15) is 0 Å². The van der Waals surface area contributed by atoms with Crippen molar-refractivity contribution >= 4 is 15.9 Å². The molecule has 0 heterocycles. The SMILES string of the molecule is FC(C(F)(F)F)C(F)(F)C(F)(F)C(F)(F)C(F)(F)C(F)(F)C(F)(F)Br. The molecule has 0 bridgehead atoms. The van der Waals surface area contributed by atoms with Crippen LogP contribution in [0.3, 0.4) is 0 Å². The summed E-state index contributed by atoms with van der Waals surface area (Å²) >= 11 is 0.423. The highest BCUT2D eigenvalue weighted by Gasteiger charge is 2.91. The third-order valence-electron chi connectivity index (χ3n) is 2.56. The van der Waals surface area contributed by atoms with Gasteiger partial charge in [-0.2, -0.15) is 65.9 Å². The normalized spacial score (nSPS) is 17.6. The quantitative estimate of drug-likeness (QED) is 0.320. The van der Waals surface area contributed by atoms with E-state index in [2.05, 4.69) is 0 Å². The molecule has 0 amide bonds. The second-order valence-electron chi connectivity index (χ2n) is 4.32. The van der Waals surface area contributed by atoms with Crippen molar-refractivity contribution in [3.8, 4) is 0 Å². The Bertz CT molecular complexity index is 483. The van der Waals surface area contributed by atoms with Gasteiger partial charge >= 0.3 is 40.6 Å². The first-order valence-electron chi connectivity index (χ1n) is 5.07. The lowest BCUT2D eigenvalue weighted by molar-refractivity contribution is -0.428. The van der Waals surface area contributed by atoms with Crippen molar-refractivity contribution in [3.05, 3.63) is 0 Å². The van der Waals surface area contributed by atoms with Crippen LogP contribution in [-0.4, -0.2) is 46.8 Å². The molecule has 0 fully saturated rings. The molecule has 0 aliphatic carbocycles. The highest BCUT2D eigenvalue weighted by atomic mass is 79.9. The summed E-state index contributed by atoms with van der Waals surface area (Å²) in [5, 5.41) is 0. The van der Waals surface area contributed by atoms with E-state index in [1.54, 1.807) is 0 Å². The van der Waals surface area contributed by atoms with Gasteiger partial charge in [-0.3, -0.25) is 0 Å². The highest BCUT2D eigenvalue weighted by molar-refractivity contribution is 9.10. The van der Waals surface area contributed by atoms with Crippen molar-refractivity contribution in [2.24, 2.45) is 0 Å². The topological polar surface area (TPSA) is 0 Å². The van der Waals surface area contributed by atoms with Gasteiger partial charge in [0.15, 0.2) is 0 Å². The van der Waals surface area contributed by atoms with Crippen molar-refractivity contribution in [2.75, 3.05) is 0 Å². The fourth-order valence-electron chi connectivity index (χ4n) is 1.15. The van der Waals surface area contributed by atoms with Gasteiger partial charge in [0.25, 0.3) is 6.17 Å². The van der Waals surface area contributed by atoms with E-state index in [0.717, 1.165) is 0 Å². The zero-order valence-corrected chi connectivity index (χ0v) is 12.1. The Kier molecular flexibility index (Phi) is 5.78. The van der Waals surface area contributed by atoms with Crippen LogP contribution in [0.2, 0.25) is 0 Å². The van der Waals surface area contributed by atoms with Gasteiger partial charge in [0.05, 0.1) is 0 Å². The average Bonchev–Trinajstić information content (AvgIpc) is 2.34. The molecule has 0 rings (SSSR count). The Labute approximate surface area is 134 Å². The summed E-state index contributed by atoms with van der Waals surface area (Å²) in [6, 6.07) is 0. The van der Waals surface area contributed by atoms with Gasteiger partial charge in [-0.25, -0.2) is 4.39 Å². The number of hydrogen-bond acceptors (Lipinski definition) is 0. The minimum absolute atomic E-state index is 0.423. The van der Waals surface area contributed by atoms with Gasteiger partial charge in [-0.05, 0) is 15.9 Å². The van der Waals surface area contributed by atoms with Gasteiger partial charge in [-0.1, -0.05) is 0 Å². The van der Waals surface area contributed by atoms with E-state index in [9.17, 15) is 70.2 Å². The van der Waals surface area contributed by atoms with Crippen LogP contribution in [-0.2, 0) is 0 Å². The van der Waals surface area contributed by atoms with E-state index in [-0.39, 0.29) is 0 Å². The monoisotopic (exact) mass is 480 g/mol. The summed E-state index contributed by atoms with van der Waals surface area (Å²) in [4.78, 5) is -6.39. The summed E-state index contributed by atoms with van der Waals surface area (Å²) in [6.45, 7) is 0. The molecular formula is C8HBrF16. The average molecular weight is 481 g/mol. The fourth-order valence-corrected chi connectivity index (χ4v) is 1.40. The second kappa shape index (κ2) is 5.94. The zero-order valence-electron chi connectivity index (χ0n) is 10.5. The zero-order chi connectivity index (χ0) is 21.1. The van der Waals surface area contributed by atoms with Crippen molar-refractivity contribution in [1.29, 1.82) is 0 Å². The maximum Gasteiger partial charge on any atom is 0.425 e. The van der Waals surface area contributed by atoms with E-state index < -0.39 is 46.8 Å². The summed E-state index contributed by atoms with van der Waals surface area (Å²) in [5.74, 6) is -39.7. The van der Waals surface area contributed by atoms with Crippen molar-refractivity contribution < 1.29 is 70.2 Å².